The molecule has 4 rings (SSSR count). The Morgan fingerprint density at radius 1 is 1.10 bits per heavy atom. The molecule has 0 aliphatic carbocycles. The molecule has 1 N–H and O–H groups in total. The average molecular weight is 402 g/mol. The van der Waals surface area contributed by atoms with Crippen LogP contribution in [-0.4, -0.2) is 56.9 Å². The third kappa shape index (κ3) is 4.19. The van der Waals surface area contributed by atoms with Crippen molar-refractivity contribution in [3.8, 4) is 0 Å². The Bertz CT molecular complexity index is 832. The fourth-order valence-corrected chi connectivity index (χ4v) is 4.37. The molecule has 0 amide bonds. The summed E-state index contributed by atoms with van der Waals surface area (Å²) in [5.41, 5.74) is 2.53. The topological polar surface area (TPSA) is 73.0 Å². The van der Waals surface area contributed by atoms with Crippen molar-refractivity contribution in [2.45, 2.75) is 71.5 Å². The SMILES string of the molecule is CC(C)c1nc2n(n1)CC(NCc1c(C(C)C)nn(C)c1N1CCOCC1)CC2. The van der Waals surface area contributed by atoms with E-state index in [2.05, 4.69) is 54.3 Å². The maximum Gasteiger partial charge on any atom is 0.153 e. The zero-order valence-corrected chi connectivity index (χ0v) is 18.5. The summed E-state index contributed by atoms with van der Waals surface area (Å²) in [5.74, 6) is 4.10. The van der Waals surface area contributed by atoms with Crippen molar-refractivity contribution in [1.29, 1.82) is 0 Å². The van der Waals surface area contributed by atoms with Gasteiger partial charge in [0.25, 0.3) is 0 Å². The summed E-state index contributed by atoms with van der Waals surface area (Å²) in [6.07, 6.45) is 2.08. The third-order valence-corrected chi connectivity index (χ3v) is 5.96. The predicted molar refractivity (Wildman–Crippen MR) is 113 cm³/mol. The van der Waals surface area contributed by atoms with Crippen LogP contribution >= 0.6 is 0 Å². The van der Waals surface area contributed by atoms with Crippen LogP contribution in [0.3, 0.4) is 0 Å². The number of morpholine rings is 1. The number of aryl methyl sites for hydroxylation is 2. The zero-order valence-electron chi connectivity index (χ0n) is 18.5. The molecule has 4 heterocycles. The first-order valence-corrected chi connectivity index (χ1v) is 11.0. The molecule has 1 saturated heterocycles. The standard InChI is InChI=1S/C21H35N7O/c1-14(2)19-17(21(26(5)24-19)27-8-10-29-11-9-27)12-22-16-6-7-18-23-20(15(3)4)25-28(18)13-16/h14-16,22H,6-13H2,1-5H3. The van der Waals surface area contributed by atoms with Crippen molar-refractivity contribution in [2.24, 2.45) is 7.05 Å². The Kier molecular flexibility index (Phi) is 5.92. The molecule has 160 valence electrons. The number of fused-ring (bicyclic) bond motifs is 1. The Hall–Kier alpha value is -1.93. The van der Waals surface area contributed by atoms with Crippen molar-refractivity contribution in [2.75, 3.05) is 31.2 Å². The van der Waals surface area contributed by atoms with Crippen LogP contribution < -0.4 is 10.2 Å². The van der Waals surface area contributed by atoms with Crippen molar-refractivity contribution in [3.05, 3.63) is 22.9 Å². The summed E-state index contributed by atoms with van der Waals surface area (Å²) in [5, 5.41) is 13.4. The highest BCUT2D eigenvalue weighted by atomic mass is 16.5. The Morgan fingerprint density at radius 2 is 1.86 bits per heavy atom. The van der Waals surface area contributed by atoms with E-state index in [1.807, 2.05) is 0 Å². The van der Waals surface area contributed by atoms with Gasteiger partial charge >= 0.3 is 0 Å². The quantitative estimate of drug-likeness (QED) is 0.800. The fourth-order valence-electron chi connectivity index (χ4n) is 4.37. The molecule has 0 aromatic carbocycles. The summed E-state index contributed by atoms with van der Waals surface area (Å²) in [7, 11) is 2.07. The first-order valence-electron chi connectivity index (χ1n) is 11.0. The van der Waals surface area contributed by atoms with Crippen molar-refractivity contribution >= 4 is 5.82 Å². The van der Waals surface area contributed by atoms with E-state index in [1.165, 1.54) is 17.1 Å². The van der Waals surface area contributed by atoms with Gasteiger partial charge in [-0.25, -0.2) is 9.67 Å². The van der Waals surface area contributed by atoms with Crippen LogP contribution in [0.1, 0.15) is 68.9 Å². The molecule has 2 aliphatic heterocycles. The van der Waals surface area contributed by atoms with E-state index < -0.39 is 0 Å². The van der Waals surface area contributed by atoms with Crippen molar-refractivity contribution in [3.63, 3.8) is 0 Å². The van der Waals surface area contributed by atoms with Crippen molar-refractivity contribution in [1.82, 2.24) is 29.9 Å². The van der Waals surface area contributed by atoms with Gasteiger partial charge in [-0.3, -0.25) is 4.68 Å². The highest BCUT2D eigenvalue weighted by molar-refractivity contribution is 5.51. The Balaban J connectivity index is 1.50. The molecule has 0 saturated carbocycles. The van der Waals surface area contributed by atoms with Gasteiger partial charge in [-0.1, -0.05) is 27.7 Å². The van der Waals surface area contributed by atoms with Gasteiger partial charge < -0.3 is 15.0 Å². The van der Waals surface area contributed by atoms with E-state index >= 15 is 0 Å². The smallest absolute Gasteiger partial charge is 0.153 e. The maximum absolute atomic E-state index is 5.56. The average Bonchev–Trinajstić information content (AvgIpc) is 3.27. The van der Waals surface area contributed by atoms with Gasteiger partial charge in [0.1, 0.15) is 11.6 Å². The number of ether oxygens (including phenoxy) is 1. The molecule has 0 spiro atoms. The lowest BCUT2D eigenvalue weighted by Crippen LogP contribution is -2.40. The van der Waals surface area contributed by atoms with Gasteiger partial charge in [0, 0.05) is 50.6 Å². The molecule has 8 nitrogen and oxygen atoms in total. The third-order valence-electron chi connectivity index (χ3n) is 5.96. The maximum atomic E-state index is 5.56. The number of aromatic nitrogens is 5. The second kappa shape index (κ2) is 8.44. The normalized spacial score (nSPS) is 20.0. The summed E-state index contributed by atoms with van der Waals surface area (Å²) in [6.45, 7) is 13.9. The van der Waals surface area contributed by atoms with E-state index in [0.29, 0.717) is 17.9 Å². The number of anilines is 1. The zero-order chi connectivity index (χ0) is 20.5. The summed E-state index contributed by atoms with van der Waals surface area (Å²) in [4.78, 5) is 7.13. The first kappa shape index (κ1) is 20.3. The highest BCUT2D eigenvalue weighted by Crippen LogP contribution is 2.29. The molecular weight excluding hydrogens is 366 g/mol. The van der Waals surface area contributed by atoms with Crippen LogP contribution in [0.15, 0.2) is 0 Å². The lowest BCUT2D eigenvalue weighted by Gasteiger charge is -2.30. The van der Waals surface area contributed by atoms with Crippen LogP contribution in [0, 0.1) is 0 Å². The molecule has 1 unspecified atom stereocenters. The molecule has 0 bridgehead atoms. The van der Waals surface area contributed by atoms with Gasteiger partial charge in [0.05, 0.1) is 25.5 Å². The lowest BCUT2D eigenvalue weighted by molar-refractivity contribution is 0.122. The Labute approximate surface area is 173 Å². The van der Waals surface area contributed by atoms with Crippen LogP contribution in [-0.2, 0) is 31.3 Å². The van der Waals surface area contributed by atoms with Crippen LogP contribution in [0.4, 0.5) is 5.82 Å². The molecule has 1 atom stereocenters. The predicted octanol–water partition coefficient (Wildman–Crippen LogP) is 2.20. The van der Waals surface area contributed by atoms with E-state index in [0.717, 1.165) is 63.9 Å². The van der Waals surface area contributed by atoms with E-state index in [1.54, 1.807) is 0 Å². The number of hydrogen-bond donors (Lipinski definition) is 1. The summed E-state index contributed by atoms with van der Waals surface area (Å²) < 4.78 is 9.72. The van der Waals surface area contributed by atoms with Crippen LogP contribution in [0.5, 0.6) is 0 Å². The molecule has 0 radical (unpaired) electrons. The molecule has 8 heteroatoms. The van der Waals surface area contributed by atoms with Gasteiger partial charge in [-0.05, 0) is 12.3 Å². The number of nitrogens with zero attached hydrogens (tertiary/aromatic N) is 6. The minimum Gasteiger partial charge on any atom is -0.378 e. The number of nitrogens with one attached hydrogen (secondary N) is 1. The molecular formula is C21H35N7O. The minimum atomic E-state index is 0.375. The van der Waals surface area contributed by atoms with Crippen LogP contribution in [0.25, 0.3) is 0 Å². The summed E-state index contributed by atoms with van der Waals surface area (Å²) in [6, 6.07) is 0.405. The molecule has 2 aromatic rings. The van der Waals surface area contributed by atoms with Gasteiger partial charge in [-0.15, -0.1) is 0 Å². The molecule has 1 fully saturated rings. The Morgan fingerprint density at radius 3 is 2.55 bits per heavy atom. The van der Waals surface area contributed by atoms with E-state index in [9.17, 15) is 0 Å². The molecule has 2 aliphatic rings. The molecule has 29 heavy (non-hydrogen) atoms. The van der Waals surface area contributed by atoms with Gasteiger partial charge in [0.15, 0.2) is 5.82 Å². The van der Waals surface area contributed by atoms with Crippen molar-refractivity contribution < 1.29 is 4.74 Å². The second-order valence-electron chi connectivity index (χ2n) is 8.90. The highest BCUT2D eigenvalue weighted by Gasteiger charge is 2.26. The van der Waals surface area contributed by atoms with E-state index in [4.69, 9.17) is 19.9 Å². The minimum absolute atomic E-state index is 0.375. The van der Waals surface area contributed by atoms with Gasteiger partial charge in [0.2, 0.25) is 0 Å². The number of rotatable bonds is 6. The molecule has 2 aromatic heterocycles. The monoisotopic (exact) mass is 401 g/mol. The van der Waals surface area contributed by atoms with E-state index in [-0.39, 0.29) is 0 Å². The van der Waals surface area contributed by atoms with Gasteiger partial charge in [-0.2, -0.15) is 10.2 Å². The largest absolute Gasteiger partial charge is 0.378 e. The fraction of sp³-hybridized carbons (Fsp3) is 0.762. The first-order chi connectivity index (χ1) is 13.9. The van der Waals surface area contributed by atoms with Crippen LogP contribution in [0.2, 0.25) is 0 Å². The summed E-state index contributed by atoms with van der Waals surface area (Å²) >= 11 is 0. The number of hydrogen-bond acceptors (Lipinski definition) is 6. The lowest BCUT2D eigenvalue weighted by atomic mass is 10.0. The second-order valence-corrected chi connectivity index (χ2v) is 8.90.